The molecule has 1 aromatic rings. The standard InChI is InChI=1S/C17H18ClN5O7S2/c1-29-9(24)4-30-22-10(8-5-31-16(19)20-8)12(25)21-11-13(26)23-6-17(2-3-18,15(27)28)7-32-14(11)23/h2-3,5,11,14H,4,6-7H2,1H3,(H2,19,20)(H,21,25)(H,27,28)/t11?,14-,17?/m1/s1. The highest BCUT2D eigenvalue weighted by atomic mass is 35.5. The van der Waals surface area contributed by atoms with Gasteiger partial charge in [-0.1, -0.05) is 22.8 Å². The number of nitrogen functional groups attached to an aromatic ring is 1. The lowest BCUT2D eigenvalue weighted by Crippen LogP contribution is -2.73. The Kier molecular flexibility index (Phi) is 7.26. The number of carbonyl (C=O) groups excluding carboxylic acids is 3. The Labute approximate surface area is 194 Å². The van der Waals surface area contributed by atoms with Crippen molar-refractivity contribution in [2.24, 2.45) is 10.6 Å². The number of fused-ring (bicyclic) bond motifs is 1. The Hall–Kier alpha value is -2.84. The van der Waals surface area contributed by atoms with Crippen molar-refractivity contribution in [1.29, 1.82) is 0 Å². The van der Waals surface area contributed by atoms with Crippen LogP contribution in [0.15, 0.2) is 22.1 Å². The summed E-state index contributed by atoms with van der Waals surface area (Å²) in [4.78, 5) is 58.6. The number of β-lactam (4-membered cyclic amide) rings is 1. The van der Waals surface area contributed by atoms with E-state index in [4.69, 9.17) is 22.2 Å². The number of thiazole rings is 1. The van der Waals surface area contributed by atoms with E-state index in [1.54, 1.807) is 0 Å². The highest BCUT2D eigenvalue weighted by Gasteiger charge is 2.56. The van der Waals surface area contributed by atoms with E-state index >= 15 is 0 Å². The number of ether oxygens (including phenoxy) is 1. The van der Waals surface area contributed by atoms with Crippen LogP contribution in [-0.4, -0.2) is 81.9 Å². The molecule has 3 heterocycles. The second kappa shape index (κ2) is 9.75. The van der Waals surface area contributed by atoms with Crippen molar-refractivity contribution in [1.82, 2.24) is 15.2 Å². The Bertz CT molecular complexity index is 1000. The van der Waals surface area contributed by atoms with E-state index in [1.165, 1.54) is 35.2 Å². The molecule has 12 nitrogen and oxygen atoms in total. The fourth-order valence-electron chi connectivity index (χ4n) is 3.04. The maximum absolute atomic E-state index is 12.8. The summed E-state index contributed by atoms with van der Waals surface area (Å²) in [5.41, 5.74) is 5.26. The second-order valence-electron chi connectivity index (χ2n) is 6.73. The Balaban J connectivity index is 1.72. The molecule has 0 bridgehead atoms. The van der Waals surface area contributed by atoms with Crippen molar-refractivity contribution in [2.75, 3.05) is 31.7 Å². The largest absolute Gasteiger partial charge is 0.481 e. The monoisotopic (exact) mass is 503 g/mol. The number of thioether (sulfide) groups is 1. The molecule has 0 saturated carbocycles. The summed E-state index contributed by atoms with van der Waals surface area (Å²) in [7, 11) is 1.17. The third-order valence-electron chi connectivity index (χ3n) is 4.75. The van der Waals surface area contributed by atoms with E-state index < -0.39 is 47.2 Å². The number of nitrogens with one attached hydrogen (secondary N) is 1. The molecule has 3 atom stereocenters. The molecule has 0 spiro atoms. The highest BCUT2D eigenvalue weighted by Crippen LogP contribution is 2.43. The van der Waals surface area contributed by atoms with Gasteiger partial charge < -0.3 is 30.6 Å². The van der Waals surface area contributed by atoms with Gasteiger partial charge in [-0.2, -0.15) is 0 Å². The number of esters is 1. The van der Waals surface area contributed by atoms with Gasteiger partial charge in [-0.3, -0.25) is 14.4 Å². The number of aliphatic carboxylic acids is 1. The first-order valence-corrected chi connectivity index (χ1v) is 11.3. The molecule has 3 rings (SSSR count). The summed E-state index contributed by atoms with van der Waals surface area (Å²) in [6.07, 6.45) is 1.34. The van der Waals surface area contributed by atoms with Gasteiger partial charge in [0.1, 0.15) is 22.5 Å². The number of halogens is 1. The van der Waals surface area contributed by atoms with Crippen LogP contribution >= 0.6 is 34.7 Å². The molecule has 0 radical (unpaired) electrons. The zero-order chi connectivity index (χ0) is 23.5. The topological polar surface area (TPSA) is 174 Å². The highest BCUT2D eigenvalue weighted by molar-refractivity contribution is 8.00. The summed E-state index contributed by atoms with van der Waals surface area (Å²) >= 11 is 7.87. The Morgan fingerprint density at radius 2 is 2.28 bits per heavy atom. The number of hydrogen-bond donors (Lipinski definition) is 3. The Morgan fingerprint density at radius 1 is 1.53 bits per heavy atom. The van der Waals surface area contributed by atoms with Crippen LogP contribution in [0.4, 0.5) is 5.13 Å². The van der Waals surface area contributed by atoms with Crippen molar-refractivity contribution >= 4 is 69.3 Å². The molecule has 1 aromatic heterocycles. The molecule has 32 heavy (non-hydrogen) atoms. The summed E-state index contributed by atoms with van der Waals surface area (Å²) in [5.74, 6) is -2.86. The predicted molar refractivity (Wildman–Crippen MR) is 116 cm³/mol. The second-order valence-corrected chi connectivity index (χ2v) is 8.98. The lowest BCUT2D eigenvalue weighted by molar-refractivity contribution is -0.156. The van der Waals surface area contributed by atoms with Gasteiger partial charge in [0.25, 0.3) is 5.91 Å². The molecule has 172 valence electrons. The minimum Gasteiger partial charge on any atom is -0.481 e. The lowest BCUT2D eigenvalue weighted by Gasteiger charge is -2.53. The van der Waals surface area contributed by atoms with E-state index in [0.29, 0.717) is 0 Å². The fourth-order valence-corrected chi connectivity index (χ4v) is 5.34. The number of carbonyl (C=O) groups is 4. The van der Waals surface area contributed by atoms with Crippen molar-refractivity contribution in [3.05, 3.63) is 22.7 Å². The average Bonchev–Trinajstić information content (AvgIpc) is 3.20. The first-order chi connectivity index (χ1) is 15.2. The van der Waals surface area contributed by atoms with Crippen molar-refractivity contribution < 1.29 is 33.9 Å². The molecule has 2 aliphatic rings. The van der Waals surface area contributed by atoms with Gasteiger partial charge in [-0.25, -0.2) is 9.78 Å². The van der Waals surface area contributed by atoms with Gasteiger partial charge >= 0.3 is 11.9 Å². The Morgan fingerprint density at radius 3 is 2.88 bits per heavy atom. The van der Waals surface area contributed by atoms with Gasteiger partial charge in [-0.15, -0.1) is 23.1 Å². The van der Waals surface area contributed by atoms with Gasteiger partial charge in [0.2, 0.25) is 12.5 Å². The van der Waals surface area contributed by atoms with Crippen LogP contribution in [-0.2, 0) is 28.8 Å². The lowest BCUT2D eigenvalue weighted by atomic mass is 9.87. The number of nitrogens with zero attached hydrogens (tertiary/aromatic N) is 3. The number of carboxylic acids is 1. The zero-order valence-electron chi connectivity index (χ0n) is 16.5. The van der Waals surface area contributed by atoms with Crippen LogP contribution in [0.3, 0.4) is 0 Å². The summed E-state index contributed by atoms with van der Waals surface area (Å²) in [6, 6.07) is -0.902. The van der Waals surface area contributed by atoms with Crippen LogP contribution in [0.5, 0.6) is 0 Å². The number of methoxy groups -OCH3 is 1. The fraction of sp³-hybridized carbons (Fsp3) is 0.412. The molecule has 0 aromatic carbocycles. The summed E-state index contributed by atoms with van der Waals surface area (Å²) in [5, 5.41) is 17.0. The minimum absolute atomic E-state index is 0.0692. The number of hydrogen-bond acceptors (Lipinski definition) is 11. The normalized spacial score (nSPS) is 25.1. The molecule has 0 aliphatic carbocycles. The van der Waals surface area contributed by atoms with Crippen LogP contribution in [0.1, 0.15) is 5.69 Å². The molecule has 4 N–H and O–H groups in total. The molecule has 2 amide bonds. The van der Waals surface area contributed by atoms with Crippen LogP contribution < -0.4 is 11.1 Å². The van der Waals surface area contributed by atoms with Crippen LogP contribution in [0.2, 0.25) is 0 Å². The number of aromatic nitrogens is 1. The third kappa shape index (κ3) is 4.66. The number of oxime groups is 1. The minimum atomic E-state index is -1.31. The van der Waals surface area contributed by atoms with Gasteiger partial charge in [0.15, 0.2) is 10.8 Å². The number of rotatable bonds is 8. The maximum Gasteiger partial charge on any atom is 0.346 e. The van der Waals surface area contributed by atoms with Crippen LogP contribution in [0, 0.1) is 5.41 Å². The predicted octanol–water partition coefficient (Wildman–Crippen LogP) is -0.158. The number of nitrogens with two attached hydrogens (primary N) is 1. The number of amides is 2. The summed E-state index contributed by atoms with van der Waals surface area (Å²) < 4.78 is 4.44. The van der Waals surface area contributed by atoms with Gasteiger partial charge in [0, 0.05) is 23.2 Å². The van der Waals surface area contributed by atoms with Crippen LogP contribution in [0.25, 0.3) is 0 Å². The third-order valence-corrected chi connectivity index (χ3v) is 7.10. The first-order valence-electron chi connectivity index (χ1n) is 8.95. The first kappa shape index (κ1) is 23.8. The molecule has 2 saturated heterocycles. The number of anilines is 1. The van der Waals surface area contributed by atoms with Gasteiger partial charge in [-0.05, 0) is 0 Å². The zero-order valence-corrected chi connectivity index (χ0v) is 18.9. The van der Waals surface area contributed by atoms with Crippen molar-refractivity contribution in [3.8, 4) is 0 Å². The maximum atomic E-state index is 12.8. The van der Waals surface area contributed by atoms with Crippen molar-refractivity contribution in [3.63, 3.8) is 0 Å². The van der Waals surface area contributed by atoms with E-state index in [2.05, 4.69) is 20.2 Å². The van der Waals surface area contributed by atoms with Gasteiger partial charge in [0.05, 0.1) is 7.11 Å². The molecular weight excluding hydrogens is 486 g/mol. The molecule has 15 heteroatoms. The van der Waals surface area contributed by atoms with E-state index in [0.717, 1.165) is 16.9 Å². The molecule has 2 aliphatic heterocycles. The van der Waals surface area contributed by atoms with Crippen molar-refractivity contribution in [2.45, 2.75) is 11.4 Å². The molecule has 2 unspecified atom stereocenters. The SMILES string of the molecule is COC(=O)CON=C(C(=O)NC1C(=O)N2CC(C=CCl)(C(=O)O)CS[C@H]12)c1csc(N)n1. The number of carboxylic acid groups (broad SMARTS) is 1. The smallest absolute Gasteiger partial charge is 0.346 e. The summed E-state index contributed by atoms with van der Waals surface area (Å²) in [6.45, 7) is -0.604. The van der Waals surface area contributed by atoms with E-state index in [9.17, 15) is 24.3 Å². The molecule has 2 fully saturated rings. The van der Waals surface area contributed by atoms with E-state index in [-0.39, 0.29) is 28.8 Å². The average molecular weight is 504 g/mol. The van der Waals surface area contributed by atoms with E-state index in [1.807, 2.05) is 0 Å². The quantitative estimate of drug-likeness (QED) is 0.187. The molecular formula is C17H18ClN5O7S2.